The van der Waals surface area contributed by atoms with Crippen LogP contribution in [0.4, 0.5) is 0 Å². The molecule has 0 saturated heterocycles. The monoisotopic (exact) mass is 279 g/mol. The van der Waals surface area contributed by atoms with Crippen LogP contribution in [0.5, 0.6) is 11.5 Å². The minimum atomic E-state index is 0.734. The van der Waals surface area contributed by atoms with Crippen molar-refractivity contribution in [2.45, 2.75) is 13.5 Å². The SMILES string of the molecule is CCNCc1cnccc1Oc1cccc2cccnc12. The number of rotatable bonds is 5. The normalized spacial score (nSPS) is 10.7. The zero-order valence-corrected chi connectivity index (χ0v) is 11.9. The summed E-state index contributed by atoms with van der Waals surface area (Å²) in [5.41, 5.74) is 1.90. The van der Waals surface area contributed by atoms with Crippen LogP contribution in [0.25, 0.3) is 10.9 Å². The summed E-state index contributed by atoms with van der Waals surface area (Å²) in [6.07, 6.45) is 5.35. The average molecular weight is 279 g/mol. The zero-order valence-electron chi connectivity index (χ0n) is 11.9. The number of nitrogens with zero attached hydrogens (tertiary/aromatic N) is 2. The predicted molar refractivity (Wildman–Crippen MR) is 83.4 cm³/mol. The maximum absolute atomic E-state index is 6.08. The summed E-state index contributed by atoms with van der Waals surface area (Å²) in [5.74, 6) is 1.57. The molecule has 1 N–H and O–H groups in total. The van der Waals surface area contributed by atoms with Crippen molar-refractivity contribution in [1.82, 2.24) is 15.3 Å². The molecule has 0 fully saturated rings. The Hall–Kier alpha value is -2.46. The van der Waals surface area contributed by atoms with E-state index in [9.17, 15) is 0 Å². The van der Waals surface area contributed by atoms with E-state index in [1.54, 1.807) is 12.4 Å². The maximum atomic E-state index is 6.08. The maximum Gasteiger partial charge on any atom is 0.153 e. The Morgan fingerprint density at radius 3 is 2.86 bits per heavy atom. The predicted octanol–water partition coefficient (Wildman–Crippen LogP) is 3.53. The molecule has 0 spiro atoms. The van der Waals surface area contributed by atoms with Gasteiger partial charge in [0.25, 0.3) is 0 Å². The van der Waals surface area contributed by atoms with Crippen molar-refractivity contribution in [1.29, 1.82) is 0 Å². The van der Waals surface area contributed by atoms with Crippen molar-refractivity contribution in [2.75, 3.05) is 6.54 Å². The lowest BCUT2D eigenvalue weighted by molar-refractivity contribution is 0.476. The molecule has 0 aliphatic rings. The van der Waals surface area contributed by atoms with Crippen LogP contribution in [0.3, 0.4) is 0 Å². The van der Waals surface area contributed by atoms with Gasteiger partial charge in [-0.3, -0.25) is 9.97 Å². The highest BCUT2D eigenvalue weighted by atomic mass is 16.5. The number of aromatic nitrogens is 2. The molecule has 4 heteroatoms. The number of hydrogen-bond donors (Lipinski definition) is 1. The lowest BCUT2D eigenvalue weighted by Gasteiger charge is -2.12. The molecule has 1 aromatic carbocycles. The number of nitrogens with one attached hydrogen (secondary N) is 1. The summed E-state index contributed by atoms with van der Waals surface area (Å²) in [5, 5.41) is 4.36. The van der Waals surface area contributed by atoms with E-state index in [-0.39, 0.29) is 0 Å². The van der Waals surface area contributed by atoms with E-state index >= 15 is 0 Å². The van der Waals surface area contributed by atoms with Gasteiger partial charge < -0.3 is 10.1 Å². The number of benzene rings is 1. The van der Waals surface area contributed by atoms with Crippen LogP contribution in [0.1, 0.15) is 12.5 Å². The third kappa shape index (κ3) is 3.01. The lowest BCUT2D eigenvalue weighted by Crippen LogP contribution is -2.12. The average Bonchev–Trinajstić information content (AvgIpc) is 2.54. The molecular formula is C17H17N3O. The Labute approximate surface area is 123 Å². The van der Waals surface area contributed by atoms with Crippen LogP contribution in [-0.2, 0) is 6.54 Å². The molecule has 21 heavy (non-hydrogen) atoms. The van der Waals surface area contributed by atoms with Crippen molar-refractivity contribution < 1.29 is 4.74 Å². The van der Waals surface area contributed by atoms with Gasteiger partial charge in [0.1, 0.15) is 11.3 Å². The highest BCUT2D eigenvalue weighted by molar-refractivity contribution is 5.84. The summed E-state index contributed by atoms with van der Waals surface area (Å²) < 4.78 is 6.08. The number of fused-ring (bicyclic) bond motifs is 1. The van der Waals surface area contributed by atoms with E-state index in [0.717, 1.165) is 41.1 Å². The fraction of sp³-hybridized carbons (Fsp3) is 0.176. The van der Waals surface area contributed by atoms with Gasteiger partial charge in [0, 0.05) is 36.1 Å². The molecule has 0 bridgehead atoms. The molecule has 2 heterocycles. The van der Waals surface area contributed by atoms with Gasteiger partial charge in [-0.2, -0.15) is 0 Å². The Kier molecular flexibility index (Phi) is 4.07. The fourth-order valence-corrected chi connectivity index (χ4v) is 2.18. The van der Waals surface area contributed by atoms with Gasteiger partial charge in [0.05, 0.1) is 0 Å². The van der Waals surface area contributed by atoms with Crippen molar-refractivity contribution >= 4 is 10.9 Å². The molecule has 0 unspecified atom stereocenters. The first-order chi connectivity index (χ1) is 10.4. The number of hydrogen-bond acceptors (Lipinski definition) is 4. The molecular weight excluding hydrogens is 262 g/mol. The molecule has 3 rings (SSSR count). The third-order valence-electron chi connectivity index (χ3n) is 3.24. The molecule has 4 nitrogen and oxygen atoms in total. The summed E-state index contributed by atoms with van der Waals surface area (Å²) in [6, 6.07) is 11.8. The van der Waals surface area contributed by atoms with Crippen molar-refractivity contribution in [2.24, 2.45) is 0 Å². The Bertz CT molecular complexity index is 737. The molecule has 0 amide bonds. The molecule has 0 radical (unpaired) electrons. The van der Waals surface area contributed by atoms with E-state index in [0.29, 0.717) is 0 Å². The van der Waals surface area contributed by atoms with Crippen molar-refractivity contribution in [3.05, 3.63) is 60.6 Å². The molecule has 0 saturated carbocycles. The van der Waals surface area contributed by atoms with Gasteiger partial charge >= 0.3 is 0 Å². The molecule has 0 aliphatic carbocycles. The van der Waals surface area contributed by atoms with E-state index in [1.165, 1.54) is 0 Å². The number of pyridine rings is 2. The van der Waals surface area contributed by atoms with Crippen molar-refractivity contribution in [3.8, 4) is 11.5 Å². The van der Waals surface area contributed by atoms with Crippen LogP contribution in [0.15, 0.2) is 55.0 Å². The Balaban J connectivity index is 1.95. The van der Waals surface area contributed by atoms with Crippen LogP contribution in [-0.4, -0.2) is 16.5 Å². The molecule has 0 aliphatic heterocycles. The largest absolute Gasteiger partial charge is 0.455 e. The minimum absolute atomic E-state index is 0.734. The third-order valence-corrected chi connectivity index (χ3v) is 3.24. The standard InChI is InChI=1S/C17H17N3O/c1-2-18-11-14-12-19-10-8-15(14)21-16-7-3-5-13-6-4-9-20-17(13)16/h3-10,12,18H,2,11H2,1H3. The number of para-hydroxylation sites is 1. The van der Waals surface area contributed by atoms with Gasteiger partial charge in [0.15, 0.2) is 5.75 Å². The molecule has 2 aromatic heterocycles. The molecule has 3 aromatic rings. The van der Waals surface area contributed by atoms with Gasteiger partial charge in [-0.15, -0.1) is 0 Å². The second-order valence-electron chi connectivity index (χ2n) is 4.70. The molecule has 0 atom stereocenters. The van der Waals surface area contributed by atoms with Crippen LogP contribution in [0, 0.1) is 0 Å². The van der Waals surface area contributed by atoms with Gasteiger partial charge in [-0.25, -0.2) is 0 Å². The number of ether oxygens (including phenoxy) is 1. The first kappa shape index (κ1) is 13.5. The van der Waals surface area contributed by atoms with Crippen LogP contribution >= 0.6 is 0 Å². The van der Waals surface area contributed by atoms with Gasteiger partial charge in [0.2, 0.25) is 0 Å². The smallest absolute Gasteiger partial charge is 0.153 e. The second kappa shape index (κ2) is 6.33. The Morgan fingerprint density at radius 1 is 1.05 bits per heavy atom. The Morgan fingerprint density at radius 2 is 1.95 bits per heavy atom. The summed E-state index contributed by atoms with van der Waals surface area (Å²) >= 11 is 0. The quantitative estimate of drug-likeness (QED) is 0.776. The van der Waals surface area contributed by atoms with Gasteiger partial charge in [-0.1, -0.05) is 25.1 Å². The summed E-state index contributed by atoms with van der Waals surface area (Å²) in [7, 11) is 0. The topological polar surface area (TPSA) is 47.0 Å². The first-order valence-electron chi connectivity index (χ1n) is 7.03. The second-order valence-corrected chi connectivity index (χ2v) is 4.70. The highest BCUT2D eigenvalue weighted by Gasteiger charge is 2.08. The lowest BCUT2D eigenvalue weighted by atomic mass is 10.2. The minimum Gasteiger partial charge on any atom is -0.455 e. The van der Waals surface area contributed by atoms with Crippen LogP contribution < -0.4 is 10.1 Å². The van der Waals surface area contributed by atoms with E-state index in [2.05, 4.69) is 22.2 Å². The van der Waals surface area contributed by atoms with Crippen LogP contribution in [0.2, 0.25) is 0 Å². The summed E-state index contributed by atoms with van der Waals surface area (Å²) in [6.45, 7) is 3.72. The fourth-order valence-electron chi connectivity index (χ4n) is 2.18. The van der Waals surface area contributed by atoms with E-state index in [1.807, 2.05) is 42.6 Å². The first-order valence-corrected chi connectivity index (χ1v) is 7.03. The molecule has 106 valence electrons. The van der Waals surface area contributed by atoms with Crippen molar-refractivity contribution in [3.63, 3.8) is 0 Å². The van der Waals surface area contributed by atoms with E-state index < -0.39 is 0 Å². The van der Waals surface area contributed by atoms with Gasteiger partial charge in [-0.05, 0) is 24.7 Å². The highest BCUT2D eigenvalue weighted by Crippen LogP contribution is 2.29. The van der Waals surface area contributed by atoms with E-state index in [4.69, 9.17) is 4.74 Å². The zero-order chi connectivity index (χ0) is 14.5. The summed E-state index contributed by atoms with van der Waals surface area (Å²) in [4.78, 5) is 8.58.